The van der Waals surface area contributed by atoms with Crippen molar-refractivity contribution in [2.45, 2.75) is 24.0 Å². The van der Waals surface area contributed by atoms with Crippen molar-refractivity contribution in [1.82, 2.24) is 5.32 Å². The summed E-state index contributed by atoms with van der Waals surface area (Å²) in [6.07, 6.45) is 2.54. The maximum absolute atomic E-state index is 13.1. The number of benzene rings is 1. The second-order valence-corrected chi connectivity index (χ2v) is 8.76. The average Bonchev–Trinajstić information content (AvgIpc) is 2.89. The highest BCUT2D eigenvalue weighted by molar-refractivity contribution is 7.92. The summed E-state index contributed by atoms with van der Waals surface area (Å²) in [6.45, 7) is 1.59. The van der Waals surface area contributed by atoms with Gasteiger partial charge < -0.3 is 10.2 Å². The van der Waals surface area contributed by atoms with E-state index in [1.54, 1.807) is 17.0 Å². The standard InChI is InChI=1S/C15H19ClN2O3S.ClH/c1-22(20,21)15(5-7-17-8-6-15)14(19)18-9-4-11-2-3-12(16)10-13(11)18;/h2-3,10,17H,4-9H2,1H3;1H. The SMILES string of the molecule is CS(=O)(=O)C1(C(=O)N2CCc3ccc(Cl)cc32)CCNCC1.Cl. The number of fused-ring (bicyclic) bond motifs is 1. The number of carbonyl (C=O) groups excluding carboxylic acids is 1. The molecule has 3 rings (SSSR count). The Hall–Kier alpha value is -0.820. The molecule has 5 nitrogen and oxygen atoms in total. The normalized spacial score (nSPS) is 19.8. The predicted octanol–water partition coefficient (Wildman–Crippen LogP) is 1.82. The second kappa shape index (κ2) is 6.59. The zero-order valence-corrected chi connectivity index (χ0v) is 15.2. The lowest BCUT2D eigenvalue weighted by Gasteiger charge is -2.37. The molecule has 0 aromatic heterocycles. The van der Waals surface area contributed by atoms with Gasteiger partial charge in [-0.05, 0) is 50.0 Å². The van der Waals surface area contributed by atoms with Crippen LogP contribution in [-0.2, 0) is 21.1 Å². The van der Waals surface area contributed by atoms with E-state index >= 15 is 0 Å². The van der Waals surface area contributed by atoms with Gasteiger partial charge in [0.25, 0.3) is 0 Å². The Bertz CT molecular complexity index is 715. The largest absolute Gasteiger partial charge is 0.317 e. The molecular weight excluding hydrogens is 359 g/mol. The summed E-state index contributed by atoms with van der Waals surface area (Å²) >= 11 is 6.04. The van der Waals surface area contributed by atoms with Gasteiger partial charge in [-0.15, -0.1) is 12.4 Å². The van der Waals surface area contributed by atoms with Crippen LogP contribution in [-0.4, -0.2) is 45.0 Å². The van der Waals surface area contributed by atoms with E-state index < -0.39 is 14.6 Å². The molecule has 0 bridgehead atoms. The van der Waals surface area contributed by atoms with Gasteiger partial charge >= 0.3 is 0 Å². The van der Waals surface area contributed by atoms with Crippen molar-refractivity contribution < 1.29 is 13.2 Å². The Balaban J connectivity index is 0.00000192. The highest BCUT2D eigenvalue weighted by atomic mass is 35.5. The van der Waals surface area contributed by atoms with Crippen LogP contribution in [0.1, 0.15) is 18.4 Å². The summed E-state index contributed by atoms with van der Waals surface area (Å²) in [5.41, 5.74) is 1.79. The lowest BCUT2D eigenvalue weighted by Crippen LogP contribution is -2.58. The summed E-state index contributed by atoms with van der Waals surface area (Å²) in [4.78, 5) is 14.7. The molecule has 1 aromatic carbocycles. The van der Waals surface area contributed by atoms with Crippen LogP contribution in [0.5, 0.6) is 0 Å². The van der Waals surface area contributed by atoms with Gasteiger partial charge in [0.1, 0.15) is 0 Å². The number of anilines is 1. The molecule has 2 aliphatic heterocycles. The number of amides is 1. The third kappa shape index (κ3) is 3.09. The maximum Gasteiger partial charge on any atom is 0.248 e. The quantitative estimate of drug-likeness (QED) is 0.851. The van der Waals surface area contributed by atoms with Gasteiger partial charge in [-0.3, -0.25) is 4.79 Å². The third-order valence-electron chi connectivity index (χ3n) is 4.70. The molecule has 8 heteroatoms. The van der Waals surface area contributed by atoms with Crippen LogP contribution in [0.25, 0.3) is 0 Å². The fourth-order valence-electron chi connectivity index (χ4n) is 3.38. The molecule has 0 unspecified atom stereocenters. The van der Waals surface area contributed by atoms with Crippen molar-refractivity contribution in [2.75, 3.05) is 30.8 Å². The first kappa shape index (κ1) is 18.5. The fourth-order valence-corrected chi connectivity index (χ4v) is 4.92. The first-order valence-corrected chi connectivity index (χ1v) is 9.63. The number of rotatable bonds is 2. The van der Waals surface area contributed by atoms with Crippen LogP contribution < -0.4 is 10.2 Å². The molecule has 23 heavy (non-hydrogen) atoms. The summed E-state index contributed by atoms with van der Waals surface area (Å²) < 4.78 is 23.5. The van der Waals surface area contributed by atoms with E-state index in [4.69, 9.17) is 11.6 Å². The lowest BCUT2D eigenvalue weighted by molar-refractivity contribution is -0.121. The van der Waals surface area contributed by atoms with E-state index in [1.165, 1.54) is 6.26 Å². The van der Waals surface area contributed by atoms with Crippen molar-refractivity contribution in [1.29, 1.82) is 0 Å². The Morgan fingerprint density at radius 2 is 1.96 bits per heavy atom. The Labute approximate surface area is 147 Å². The maximum atomic E-state index is 13.1. The van der Waals surface area contributed by atoms with Crippen LogP contribution in [0.2, 0.25) is 5.02 Å². The van der Waals surface area contributed by atoms with E-state index in [1.807, 2.05) is 6.07 Å². The van der Waals surface area contributed by atoms with E-state index in [0.29, 0.717) is 37.5 Å². The fraction of sp³-hybridized carbons (Fsp3) is 0.533. The molecule has 0 atom stereocenters. The van der Waals surface area contributed by atoms with Crippen LogP contribution in [0.15, 0.2) is 18.2 Å². The molecule has 1 fully saturated rings. The number of halogens is 2. The topological polar surface area (TPSA) is 66.5 Å². The third-order valence-corrected chi connectivity index (χ3v) is 6.94. The Kier molecular flexibility index (Phi) is 5.31. The molecule has 128 valence electrons. The van der Waals surface area contributed by atoms with Gasteiger partial charge in [-0.2, -0.15) is 0 Å². The molecule has 1 amide bonds. The van der Waals surface area contributed by atoms with Gasteiger partial charge in [0.15, 0.2) is 14.6 Å². The van der Waals surface area contributed by atoms with Gasteiger partial charge in [0.05, 0.1) is 0 Å². The minimum atomic E-state index is -3.50. The van der Waals surface area contributed by atoms with E-state index in [9.17, 15) is 13.2 Å². The van der Waals surface area contributed by atoms with Gasteiger partial charge in [-0.25, -0.2) is 8.42 Å². The van der Waals surface area contributed by atoms with Crippen molar-refractivity contribution in [2.24, 2.45) is 0 Å². The minimum absolute atomic E-state index is 0. The van der Waals surface area contributed by atoms with Crippen molar-refractivity contribution in [3.63, 3.8) is 0 Å². The van der Waals surface area contributed by atoms with Crippen molar-refractivity contribution in [3.05, 3.63) is 28.8 Å². The van der Waals surface area contributed by atoms with Gasteiger partial charge in [0, 0.05) is 23.5 Å². The van der Waals surface area contributed by atoms with Crippen molar-refractivity contribution >= 4 is 45.4 Å². The highest BCUT2D eigenvalue weighted by Crippen LogP contribution is 2.37. The highest BCUT2D eigenvalue weighted by Gasteiger charge is 2.51. The first-order valence-electron chi connectivity index (χ1n) is 7.36. The van der Waals surface area contributed by atoms with Crippen LogP contribution in [0.4, 0.5) is 5.69 Å². The summed E-state index contributed by atoms with van der Waals surface area (Å²) in [5, 5.41) is 3.68. The molecule has 1 aromatic rings. The van der Waals surface area contributed by atoms with Crippen molar-refractivity contribution in [3.8, 4) is 0 Å². The predicted molar refractivity (Wildman–Crippen MR) is 94.4 cm³/mol. The molecule has 2 heterocycles. The second-order valence-electron chi connectivity index (χ2n) is 6.00. The lowest BCUT2D eigenvalue weighted by atomic mass is 9.95. The summed E-state index contributed by atoms with van der Waals surface area (Å²) in [6, 6.07) is 5.45. The minimum Gasteiger partial charge on any atom is -0.317 e. The van der Waals surface area contributed by atoms with Crippen LogP contribution in [0, 0.1) is 0 Å². The molecule has 0 saturated carbocycles. The van der Waals surface area contributed by atoms with Gasteiger partial charge in [-0.1, -0.05) is 17.7 Å². The Morgan fingerprint density at radius 3 is 2.57 bits per heavy atom. The molecule has 0 aliphatic carbocycles. The van der Waals surface area contributed by atoms with E-state index in [-0.39, 0.29) is 18.3 Å². The number of nitrogens with one attached hydrogen (secondary N) is 1. The summed E-state index contributed by atoms with van der Waals surface area (Å²) in [7, 11) is -3.50. The van der Waals surface area contributed by atoms with E-state index in [0.717, 1.165) is 17.7 Å². The summed E-state index contributed by atoms with van der Waals surface area (Å²) in [5.74, 6) is -0.308. The van der Waals surface area contributed by atoms with Crippen LogP contribution >= 0.6 is 24.0 Å². The monoisotopic (exact) mass is 378 g/mol. The molecule has 0 spiro atoms. The number of hydrogen-bond donors (Lipinski definition) is 1. The molecule has 1 saturated heterocycles. The first-order chi connectivity index (χ1) is 10.3. The number of piperidine rings is 1. The zero-order valence-electron chi connectivity index (χ0n) is 12.8. The zero-order chi connectivity index (χ0) is 16.0. The average molecular weight is 379 g/mol. The number of hydrogen-bond acceptors (Lipinski definition) is 4. The number of nitrogens with zero attached hydrogens (tertiary/aromatic N) is 1. The Morgan fingerprint density at radius 1 is 1.30 bits per heavy atom. The van der Waals surface area contributed by atoms with E-state index in [2.05, 4.69) is 5.32 Å². The molecule has 2 aliphatic rings. The number of sulfone groups is 1. The molecular formula is C15H20Cl2N2O3S. The molecule has 1 N–H and O–H groups in total. The van der Waals surface area contributed by atoms with Crippen LogP contribution in [0.3, 0.4) is 0 Å². The number of carbonyl (C=O) groups is 1. The smallest absolute Gasteiger partial charge is 0.248 e. The molecule has 0 radical (unpaired) electrons. The van der Waals surface area contributed by atoms with Gasteiger partial charge in [0.2, 0.25) is 5.91 Å².